The first kappa shape index (κ1) is 17.4. The van der Waals surface area contributed by atoms with Gasteiger partial charge in [-0.2, -0.15) is 0 Å². The van der Waals surface area contributed by atoms with E-state index in [4.69, 9.17) is 9.84 Å². The summed E-state index contributed by atoms with van der Waals surface area (Å²) in [6, 6.07) is 0. The van der Waals surface area contributed by atoms with Gasteiger partial charge in [0.05, 0.1) is 18.6 Å². The van der Waals surface area contributed by atoms with Crippen molar-refractivity contribution in [3.05, 3.63) is 0 Å². The molecule has 0 amide bonds. The zero-order chi connectivity index (χ0) is 13.9. The Morgan fingerprint density at radius 3 is 2.22 bits per heavy atom. The minimum atomic E-state index is -0.906. The maximum Gasteiger partial charge on any atom is 0.314 e. The highest BCUT2D eigenvalue weighted by Gasteiger charge is 2.38. The molecular formula is C14H28O4. The van der Waals surface area contributed by atoms with Crippen molar-refractivity contribution < 1.29 is 19.7 Å². The van der Waals surface area contributed by atoms with Gasteiger partial charge in [0.25, 0.3) is 0 Å². The van der Waals surface area contributed by atoms with Gasteiger partial charge in [-0.3, -0.25) is 4.79 Å². The van der Waals surface area contributed by atoms with Gasteiger partial charge in [0, 0.05) is 6.61 Å². The van der Waals surface area contributed by atoms with E-state index in [-0.39, 0.29) is 25.6 Å². The fourth-order valence-electron chi connectivity index (χ4n) is 2.12. The number of rotatable bonds is 11. The molecule has 4 heteroatoms. The van der Waals surface area contributed by atoms with Crippen LogP contribution >= 0.6 is 0 Å². The number of unbranched alkanes of at least 4 members (excludes halogenated alkanes) is 4. The molecule has 108 valence electrons. The Bertz CT molecular complexity index is 218. The maximum atomic E-state index is 11.9. The SMILES string of the molecule is CCCCCCCC(CO)(CCO)C(=O)OCC. The monoisotopic (exact) mass is 260 g/mol. The Morgan fingerprint density at radius 2 is 1.72 bits per heavy atom. The molecule has 0 aliphatic rings. The number of esters is 1. The molecule has 0 aromatic carbocycles. The van der Waals surface area contributed by atoms with Crippen LogP contribution in [0.1, 0.15) is 58.8 Å². The Hall–Kier alpha value is -0.610. The number of ether oxygens (including phenoxy) is 1. The van der Waals surface area contributed by atoms with Crippen molar-refractivity contribution in [1.82, 2.24) is 0 Å². The van der Waals surface area contributed by atoms with Gasteiger partial charge in [-0.15, -0.1) is 0 Å². The normalized spacial score (nSPS) is 14.2. The van der Waals surface area contributed by atoms with Crippen molar-refractivity contribution in [2.75, 3.05) is 19.8 Å². The van der Waals surface area contributed by atoms with E-state index >= 15 is 0 Å². The average molecular weight is 260 g/mol. The third kappa shape index (κ3) is 5.83. The minimum absolute atomic E-state index is 0.103. The van der Waals surface area contributed by atoms with Crippen molar-refractivity contribution in [3.8, 4) is 0 Å². The number of aliphatic hydroxyl groups excluding tert-OH is 2. The third-order valence-corrected chi connectivity index (χ3v) is 3.36. The van der Waals surface area contributed by atoms with Crippen LogP contribution in [0.4, 0.5) is 0 Å². The molecule has 0 saturated heterocycles. The van der Waals surface area contributed by atoms with Crippen LogP contribution in [-0.4, -0.2) is 36.0 Å². The van der Waals surface area contributed by atoms with Gasteiger partial charge in [0.15, 0.2) is 0 Å². The van der Waals surface area contributed by atoms with Gasteiger partial charge in [0.2, 0.25) is 0 Å². The first-order valence-electron chi connectivity index (χ1n) is 7.05. The van der Waals surface area contributed by atoms with Gasteiger partial charge in [0.1, 0.15) is 0 Å². The maximum absolute atomic E-state index is 11.9. The number of aliphatic hydroxyl groups is 2. The molecular weight excluding hydrogens is 232 g/mol. The molecule has 0 radical (unpaired) electrons. The lowest BCUT2D eigenvalue weighted by molar-refractivity contribution is -0.160. The standard InChI is InChI=1S/C14H28O4/c1-3-5-6-7-8-9-14(12-16,10-11-15)13(17)18-4-2/h15-16H,3-12H2,1-2H3. The molecule has 0 fully saturated rings. The van der Waals surface area contributed by atoms with Crippen LogP contribution in [0.2, 0.25) is 0 Å². The number of carbonyl (C=O) groups is 1. The Labute approximate surface area is 110 Å². The lowest BCUT2D eigenvalue weighted by atomic mass is 9.80. The van der Waals surface area contributed by atoms with Gasteiger partial charge in [-0.25, -0.2) is 0 Å². The molecule has 0 spiro atoms. The summed E-state index contributed by atoms with van der Waals surface area (Å²) in [4.78, 5) is 11.9. The molecule has 0 heterocycles. The molecule has 1 atom stereocenters. The van der Waals surface area contributed by atoms with Crippen LogP contribution in [-0.2, 0) is 9.53 Å². The summed E-state index contributed by atoms with van der Waals surface area (Å²) in [7, 11) is 0. The Morgan fingerprint density at radius 1 is 1.06 bits per heavy atom. The second-order valence-electron chi connectivity index (χ2n) is 4.80. The van der Waals surface area contributed by atoms with Gasteiger partial charge < -0.3 is 14.9 Å². The summed E-state index contributed by atoms with van der Waals surface area (Å²) < 4.78 is 5.02. The average Bonchev–Trinajstić information content (AvgIpc) is 2.37. The molecule has 0 aromatic heterocycles. The minimum Gasteiger partial charge on any atom is -0.465 e. The lowest BCUT2D eigenvalue weighted by Gasteiger charge is -2.28. The fraction of sp³-hybridized carbons (Fsp3) is 0.929. The van der Waals surface area contributed by atoms with Crippen LogP contribution in [0.15, 0.2) is 0 Å². The molecule has 4 nitrogen and oxygen atoms in total. The smallest absolute Gasteiger partial charge is 0.314 e. The molecule has 0 aromatic rings. The van der Waals surface area contributed by atoms with Crippen molar-refractivity contribution >= 4 is 5.97 Å². The Balaban J connectivity index is 4.31. The molecule has 2 N–H and O–H groups in total. The molecule has 18 heavy (non-hydrogen) atoms. The number of hydrogen-bond donors (Lipinski definition) is 2. The molecule has 0 aliphatic heterocycles. The van der Waals surface area contributed by atoms with E-state index in [9.17, 15) is 9.90 Å². The summed E-state index contributed by atoms with van der Waals surface area (Å²) >= 11 is 0. The molecule has 1 unspecified atom stereocenters. The van der Waals surface area contributed by atoms with Gasteiger partial charge in [-0.05, 0) is 19.8 Å². The highest BCUT2D eigenvalue weighted by atomic mass is 16.5. The topological polar surface area (TPSA) is 66.8 Å². The van der Waals surface area contributed by atoms with E-state index in [1.807, 2.05) is 0 Å². The molecule has 0 aliphatic carbocycles. The first-order chi connectivity index (χ1) is 8.66. The fourth-order valence-corrected chi connectivity index (χ4v) is 2.12. The van der Waals surface area contributed by atoms with E-state index in [1.165, 1.54) is 12.8 Å². The quantitative estimate of drug-likeness (QED) is 0.442. The summed E-state index contributed by atoms with van der Waals surface area (Å²) in [6.45, 7) is 3.86. The molecule has 0 saturated carbocycles. The molecule has 0 bridgehead atoms. The predicted molar refractivity (Wildman–Crippen MR) is 71.2 cm³/mol. The van der Waals surface area contributed by atoms with E-state index < -0.39 is 5.41 Å². The predicted octanol–water partition coefficient (Wildman–Crippen LogP) is 2.27. The highest BCUT2D eigenvalue weighted by molar-refractivity contribution is 5.77. The summed E-state index contributed by atoms with van der Waals surface area (Å²) in [5.41, 5.74) is -0.906. The summed E-state index contributed by atoms with van der Waals surface area (Å²) in [5.74, 6) is -0.378. The first-order valence-corrected chi connectivity index (χ1v) is 7.05. The van der Waals surface area contributed by atoms with E-state index in [0.29, 0.717) is 13.0 Å². The summed E-state index contributed by atoms with van der Waals surface area (Å²) in [6.07, 6.45) is 6.34. The third-order valence-electron chi connectivity index (χ3n) is 3.36. The summed E-state index contributed by atoms with van der Waals surface area (Å²) in [5, 5.41) is 18.6. The van der Waals surface area contributed by atoms with Gasteiger partial charge >= 0.3 is 5.97 Å². The van der Waals surface area contributed by atoms with Crippen LogP contribution < -0.4 is 0 Å². The van der Waals surface area contributed by atoms with Crippen LogP contribution in [0.3, 0.4) is 0 Å². The van der Waals surface area contributed by atoms with Crippen LogP contribution in [0.25, 0.3) is 0 Å². The second kappa shape index (κ2) is 10.3. The van der Waals surface area contributed by atoms with Crippen LogP contribution in [0.5, 0.6) is 0 Å². The van der Waals surface area contributed by atoms with Crippen molar-refractivity contribution in [1.29, 1.82) is 0 Å². The van der Waals surface area contributed by atoms with E-state index in [0.717, 1.165) is 19.3 Å². The van der Waals surface area contributed by atoms with Gasteiger partial charge in [-0.1, -0.05) is 39.0 Å². The lowest BCUT2D eigenvalue weighted by Crippen LogP contribution is -2.37. The van der Waals surface area contributed by atoms with Crippen LogP contribution in [0, 0.1) is 5.41 Å². The van der Waals surface area contributed by atoms with Crippen molar-refractivity contribution in [2.45, 2.75) is 58.8 Å². The number of hydrogen-bond acceptors (Lipinski definition) is 4. The Kier molecular flexibility index (Phi) is 9.98. The zero-order valence-electron chi connectivity index (χ0n) is 11.8. The zero-order valence-corrected chi connectivity index (χ0v) is 11.8. The number of carbonyl (C=O) groups excluding carboxylic acids is 1. The molecule has 0 rings (SSSR count). The van der Waals surface area contributed by atoms with Crippen molar-refractivity contribution in [2.24, 2.45) is 5.41 Å². The highest BCUT2D eigenvalue weighted by Crippen LogP contribution is 2.30. The largest absolute Gasteiger partial charge is 0.465 e. The second-order valence-corrected chi connectivity index (χ2v) is 4.80. The van der Waals surface area contributed by atoms with E-state index in [1.54, 1.807) is 6.92 Å². The van der Waals surface area contributed by atoms with E-state index in [2.05, 4.69) is 6.92 Å². The van der Waals surface area contributed by atoms with Crippen molar-refractivity contribution in [3.63, 3.8) is 0 Å².